The SMILES string of the molecule is CC(C)(C)OC(=O)N1CCCC2(CCNC(=O)CN2)C1. The van der Waals surface area contributed by atoms with Gasteiger partial charge in [0.2, 0.25) is 5.91 Å². The highest BCUT2D eigenvalue weighted by atomic mass is 16.6. The number of ether oxygens (including phenoxy) is 1. The Morgan fingerprint density at radius 2 is 2.10 bits per heavy atom. The third-order valence-electron chi connectivity index (χ3n) is 3.78. The summed E-state index contributed by atoms with van der Waals surface area (Å²) in [4.78, 5) is 25.4. The van der Waals surface area contributed by atoms with E-state index in [9.17, 15) is 9.59 Å². The molecule has 2 rings (SSSR count). The first-order chi connectivity index (χ1) is 9.30. The molecular formula is C14H25N3O3. The molecule has 20 heavy (non-hydrogen) atoms. The van der Waals surface area contributed by atoms with Crippen molar-refractivity contribution in [2.45, 2.75) is 51.2 Å². The Bertz CT molecular complexity index is 392. The summed E-state index contributed by atoms with van der Waals surface area (Å²) in [6.07, 6.45) is 2.50. The zero-order valence-corrected chi connectivity index (χ0v) is 12.6. The molecule has 2 fully saturated rings. The van der Waals surface area contributed by atoms with Gasteiger partial charge in [-0.3, -0.25) is 4.79 Å². The van der Waals surface area contributed by atoms with Gasteiger partial charge in [-0.15, -0.1) is 0 Å². The van der Waals surface area contributed by atoms with Crippen LogP contribution in [-0.2, 0) is 9.53 Å². The van der Waals surface area contributed by atoms with Gasteiger partial charge in [-0.2, -0.15) is 0 Å². The van der Waals surface area contributed by atoms with Crippen LogP contribution in [0.2, 0.25) is 0 Å². The normalized spacial score (nSPS) is 27.9. The minimum atomic E-state index is -0.476. The molecule has 6 nitrogen and oxygen atoms in total. The Labute approximate surface area is 120 Å². The van der Waals surface area contributed by atoms with Crippen molar-refractivity contribution in [2.75, 3.05) is 26.2 Å². The number of hydrogen-bond acceptors (Lipinski definition) is 4. The van der Waals surface area contributed by atoms with E-state index in [1.165, 1.54) is 0 Å². The van der Waals surface area contributed by atoms with E-state index in [1.807, 2.05) is 20.8 Å². The first-order valence-electron chi connectivity index (χ1n) is 7.29. The number of carbonyl (C=O) groups is 2. The van der Waals surface area contributed by atoms with Gasteiger partial charge in [-0.1, -0.05) is 0 Å². The van der Waals surface area contributed by atoms with E-state index in [1.54, 1.807) is 4.90 Å². The molecular weight excluding hydrogens is 258 g/mol. The van der Waals surface area contributed by atoms with Crippen molar-refractivity contribution in [3.63, 3.8) is 0 Å². The summed E-state index contributed by atoms with van der Waals surface area (Å²) >= 11 is 0. The van der Waals surface area contributed by atoms with E-state index in [4.69, 9.17) is 4.74 Å². The third-order valence-corrected chi connectivity index (χ3v) is 3.78. The zero-order valence-electron chi connectivity index (χ0n) is 12.6. The third kappa shape index (κ3) is 3.85. The quantitative estimate of drug-likeness (QED) is 0.692. The van der Waals surface area contributed by atoms with Gasteiger partial charge in [0.05, 0.1) is 6.54 Å². The summed E-state index contributed by atoms with van der Waals surface area (Å²) in [6.45, 7) is 7.93. The standard InChI is InChI=1S/C14H25N3O3/c1-13(2,3)20-12(19)17-8-4-5-14(10-17)6-7-15-11(18)9-16-14/h16H,4-10H2,1-3H3,(H,15,18). The van der Waals surface area contributed by atoms with Crippen LogP contribution in [0.1, 0.15) is 40.0 Å². The average Bonchev–Trinajstić information content (AvgIpc) is 2.51. The van der Waals surface area contributed by atoms with Crippen molar-refractivity contribution in [3.05, 3.63) is 0 Å². The number of likely N-dealkylation sites (tertiary alicyclic amines) is 1. The summed E-state index contributed by atoms with van der Waals surface area (Å²) in [5.41, 5.74) is -0.635. The molecule has 6 heteroatoms. The fourth-order valence-electron chi connectivity index (χ4n) is 2.82. The number of nitrogens with one attached hydrogen (secondary N) is 2. The fraction of sp³-hybridized carbons (Fsp3) is 0.857. The molecule has 0 radical (unpaired) electrons. The Morgan fingerprint density at radius 1 is 1.35 bits per heavy atom. The van der Waals surface area contributed by atoms with Crippen molar-refractivity contribution in [2.24, 2.45) is 0 Å². The van der Waals surface area contributed by atoms with Crippen LogP contribution in [-0.4, -0.2) is 54.2 Å². The second kappa shape index (κ2) is 5.60. The maximum absolute atomic E-state index is 12.2. The summed E-state index contributed by atoms with van der Waals surface area (Å²) in [7, 11) is 0. The number of piperidine rings is 1. The van der Waals surface area contributed by atoms with E-state index in [-0.39, 0.29) is 17.5 Å². The summed E-state index contributed by atoms with van der Waals surface area (Å²) < 4.78 is 5.44. The van der Waals surface area contributed by atoms with Gasteiger partial charge in [0.15, 0.2) is 0 Å². The molecule has 0 aromatic rings. The van der Waals surface area contributed by atoms with Crippen molar-refractivity contribution < 1.29 is 14.3 Å². The molecule has 2 saturated heterocycles. The van der Waals surface area contributed by atoms with E-state index in [2.05, 4.69) is 10.6 Å². The molecule has 2 heterocycles. The lowest BCUT2D eigenvalue weighted by atomic mass is 9.86. The highest BCUT2D eigenvalue weighted by Crippen LogP contribution is 2.26. The zero-order chi connectivity index (χ0) is 14.8. The molecule has 114 valence electrons. The maximum Gasteiger partial charge on any atom is 0.410 e. The van der Waals surface area contributed by atoms with E-state index >= 15 is 0 Å². The number of rotatable bonds is 0. The summed E-state index contributed by atoms with van der Waals surface area (Å²) in [5.74, 6) is 0.0243. The van der Waals surface area contributed by atoms with E-state index in [0.29, 0.717) is 19.6 Å². The summed E-state index contributed by atoms with van der Waals surface area (Å²) in [5, 5.41) is 6.20. The van der Waals surface area contributed by atoms with Crippen LogP contribution in [0.15, 0.2) is 0 Å². The molecule has 1 spiro atoms. The Hall–Kier alpha value is -1.30. The van der Waals surface area contributed by atoms with Crippen LogP contribution in [0.3, 0.4) is 0 Å². The Morgan fingerprint density at radius 3 is 2.80 bits per heavy atom. The van der Waals surface area contributed by atoms with Gasteiger partial charge < -0.3 is 20.3 Å². The maximum atomic E-state index is 12.2. The monoisotopic (exact) mass is 283 g/mol. The largest absolute Gasteiger partial charge is 0.444 e. The predicted molar refractivity (Wildman–Crippen MR) is 75.4 cm³/mol. The average molecular weight is 283 g/mol. The molecule has 0 saturated carbocycles. The predicted octanol–water partition coefficient (Wildman–Crippen LogP) is 0.866. The fourth-order valence-corrected chi connectivity index (χ4v) is 2.82. The van der Waals surface area contributed by atoms with E-state index in [0.717, 1.165) is 25.8 Å². The van der Waals surface area contributed by atoms with Crippen LogP contribution < -0.4 is 10.6 Å². The molecule has 1 unspecified atom stereocenters. The van der Waals surface area contributed by atoms with Crippen LogP contribution in [0.5, 0.6) is 0 Å². The first kappa shape index (κ1) is 15.1. The molecule has 0 aromatic carbocycles. The van der Waals surface area contributed by atoms with Gasteiger partial charge in [0.25, 0.3) is 0 Å². The highest BCUT2D eigenvalue weighted by molar-refractivity contribution is 5.78. The van der Waals surface area contributed by atoms with E-state index < -0.39 is 5.60 Å². The van der Waals surface area contributed by atoms with Crippen molar-refractivity contribution in [3.8, 4) is 0 Å². The molecule has 0 bridgehead atoms. The lowest BCUT2D eigenvalue weighted by Gasteiger charge is -2.42. The molecule has 0 aliphatic carbocycles. The number of amides is 2. The van der Waals surface area contributed by atoms with Crippen molar-refractivity contribution in [1.29, 1.82) is 0 Å². The van der Waals surface area contributed by atoms with Gasteiger partial charge in [0.1, 0.15) is 5.60 Å². The second-order valence-corrected chi connectivity index (χ2v) is 6.74. The minimum Gasteiger partial charge on any atom is -0.444 e. The molecule has 2 aliphatic heterocycles. The second-order valence-electron chi connectivity index (χ2n) is 6.74. The number of hydrogen-bond donors (Lipinski definition) is 2. The lowest BCUT2D eigenvalue weighted by Crippen LogP contribution is -2.59. The molecule has 1 atom stereocenters. The number of nitrogens with zero attached hydrogens (tertiary/aromatic N) is 1. The molecule has 2 aliphatic rings. The van der Waals surface area contributed by atoms with Crippen LogP contribution >= 0.6 is 0 Å². The van der Waals surface area contributed by atoms with Gasteiger partial charge in [-0.25, -0.2) is 4.79 Å². The van der Waals surface area contributed by atoms with Crippen LogP contribution in [0.4, 0.5) is 4.79 Å². The lowest BCUT2D eigenvalue weighted by molar-refractivity contribution is -0.119. The van der Waals surface area contributed by atoms with Gasteiger partial charge in [0, 0.05) is 25.2 Å². The minimum absolute atomic E-state index is 0.0243. The highest BCUT2D eigenvalue weighted by Gasteiger charge is 2.39. The first-order valence-corrected chi connectivity index (χ1v) is 7.29. The smallest absolute Gasteiger partial charge is 0.410 e. The van der Waals surface area contributed by atoms with Gasteiger partial charge in [-0.05, 0) is 40.0 Å². The van der Waals surface area contributed by atoms with Crippen LogP contribution in [0, 0.1) is 0 Å². The van der Waals surface area contributed by atoms with Crippen LogP contribution in [0.25, 0.3) is 0 Å². The Balaban J connectivity index is 2.00. The Kier molecular flexibility index (Phi) is 4.22. The van der Waals surface area contributed by atoms with Crippen molar-refractivity contribution >= 4 is 12.0 Å². The summed E-state index contributed by atoms with van der Waals surface area (Å²) in [6, 6.07) is 0. The van der Waals surface area contributed by atoms with Gasteiger partial charge >= 0.3 is 6.09 Å². The molecule has 0 aromatic heterocycles. The molecule has 2 amide bonds. The topological polar surface area (TPSA) is 70.7 Å². The van der Waals surface area contributed by atoms with Crippen molar-refractivity contribution in [1.82, 2.24) is 15.5 Å². The molecule has 2 N–H and O–H groups in total. The number of carbonyl (C=O) groups excluding carboxylic acids is 2.